The molecule has 4 rings (SSSR count). The Labute approximate surface area is 191 Å². The lowest BCUT2D eigenvalue weighted by Gasteiger charge is -2.34. The summed E-state index contributed by atoms with van der Waals surface area (Å²) in [5.41, 5.74) is 2.59. The van der Waals surface area contributed by atoms with Crippen LogP contribution in [0.25, 0.3) is 22.3 Å². The van der Waals surface area contributed by atoms with Crippen LogP contribution in [0.4, 0.5) is 10.6 Å². The SMILES string of the molecule is Cc1ccc2c(N3CCC[C@@H](CNC(=O)OC(C)C)C3)nc(-c3ccccc3O)nc2c1.[HH].[HH]. The molecule has 7 heteroatoms. The van der Waals surface area contributed by atoms with Gasteiger partial charge in [-0.05, 0) is 69.4 Å². The number of amides is 1. The second-order valence-electron chi connectivity index (χ2n) is 8.70. The Kier molecular flexibility index (Phi) is 6.44. The molecule has 0 saturated carbocycles. The van der Waals surface area contributed by atoms with Crippen LogP contribution in [0.3, 0.4) is 0 Å². The molecule has 1 fully saturated rings. The van der Waals surface area contributed by atoms with Crippen molar-refractivity contribution in [3.63, 3.8) is 0 Å². The third-order valence-corrected chi connectivity index (χ3v) is 5.67. The molecule has 32 heavy (non-hydrogen) atoms. The van der Waals surface area contributed by atoms with Gasteiger partial charge in [-0.15, -0.1) is 0 Å². The number of carbonyl (C=O) groups excluding carboxylic acids is 1. The third kappa shape index (κ3) is 4.93. The van der Waals surface area contributed by atoms with Crippen LogP contribution in [0.1, 0.15) is 35.1 Å². The number of anilines is 1. The summed E-state index contributed by atoms with van der Waals surface area (Å²) < 4.78 is 5.19. The Morgan fingerprint density at radius 3 is 2.88 bits per heavy atom. The number of aryl methyl sites for hydroxylation is 1. The Balaban J connectivity index is 0.00000204. The number of rotatable bonds is 5. The highest BCUT2D eigenvalue weighted by Gasteiger charge is 2.24. The lowest BCUT2D eigenvalue weighted by molar-refractivity contribution is 0.114. The highest BCUT2D eigenvalue weighted by molar-refractivity contribution is 5.92. The van der Waals surface area contributed by atoms with Crippen molar-refractivity contribution >= 4 is 22.8 Å². The van der Waals surface area contributed by atoms with Crippen LogP contribution >= 0.6 is 0 Å². The van der Waals surface area contributed by atoms with Crippen molar-refractivity contribution in [2.24, 2.45) is 5.92 Å². The molecular weight excluding hydrogens is 404 g/mol. The number of phenols is 1. The molecule has 0 bridgehead atoms. The number of benzene rings is 2. The normalized spacial score (nSPS) is 16.4. The molecule has 1 atom stereocenters. The van der Waals surface area contributed by atoms with Gasteiger partial charge >= 0.3 is 6.09 Å². The molecule has 1 aliphatic heterocycles. The van der Waals surface area contributed by atoms with E-state index in [4.69, 9.17) is 14.7 Å². The zero-order valence-electron chi connectivity index (χ0n) is 18.8. The van der Waals surface area contributed by atoms with E-state index in [1.165, 1.54) is 0 Å². The van der Waals surface area contributed by atoms with E-state index in [0.29, 0.717) is 23.9 Å². The van der Waals surface area contributed by atoms with Crippen molar-refractivity contribution in [1.82, 2.24) is 15.3 Å². The first-order chi connectivity index (χ1) is 15.4. The van der Waals surface area contributed by atoms with Gasteiger partial charge in [0.15, 0.2) is 5.82 Å². The summed E-state index contributed by atoms with van der Waals surface area (Å²) in [4.78, 5) is 23.8. The van der Waals surface area contributed by atoms with Gasteiger partial charge in [-0.2, -0.15) is 0 Å². The number of carbonyl (C=O) groups is 1. The second-order valence-corrected chi connectivity index (χ2v) is 8.70. The lowest BCUT2D eigenvalue weighted by atomic mass is 9.97. The largest absolute Gasteiger partial charge is 0.507 e. The van der Waals surface area contributed by atoms with E-state index < -0.39 is 0 Å². The summed E-state index contributed by atoms with van der Waals surface area (Å²) in [7, 11) is 0. The molecule has 2 aromatic carbocycles. The number of ether oxygens (including phenoxy) is 1. The van der Waals surface area contributed by atoms with Crippen LogP contribution in [0.2, 0.25) is 0 Å². The Hall–Kier alpha value is -3.35. The van der Waals surface area contributed by atoms with E-state index in [1.54, 1.807) is 12.1 Å². The van der Waals surface area contributed by atoms with Crippen LogP contribution in [0, 0.1) is 12.8 Å². The van der Waals surface area contributed by atoms with Crippen LogP contribution in [0.5, 0.6) is 5.75 Å². The predicted octanol–water partition coefficient (Wildman–Crippen LogP) is 5.15. The van der Waals surface area contributed by atoms with E-state index in [0.717, 1.165) is 48.2 Å². The molecule has 1 aliphatic rings. The van der Waals surface area contributed by atoms with Crippen molar-refractivity contribution in [2.75, 3.05) is 24.5 Å². The molecule has 1 aromatic heterocycles. The maximum atomic E-state index is 11.9. The number of aromatic nitrogens is 2. The van der Waals surface area contributed by atoms with Crippen molar-refractivity contribution in [3.05, 3.63) is 48.0 Å². The molecule has 2 heterocycles. The molecule has 0 aliphatic carbocycles. The summed E-state index contributed by atoms with van der Waals surface area (Å²) in [6, 6.07) is 13.3. The van der Waals surface area contributed by atoms with Crippen molar-refractivity contribution in [2.45, 2.75) is 39.7 Å². The van der Waals surface area contributed by atoms with Gasteiger partial charge in [0.2, 0.25) is 0 Å². The molecule has 0 radical (unpaired) electrons. The summed E-state index contributed by atoms with van der Waals surface area (Å²) in [5, 5.41) is 14.3. The molecular formula is C25H34N4O3. The van der Waals surface area contributed by atoms with Gasteiger partial charge in [0, 0.05) is 27.9 Å². The number of nitrogens with zero attached hydrogens (tertiary/aromatic N) is 3. The van der Waals surface area contributed by atoms with Crippen LogP contribution in [-0.4, -0.2) is 46.9 Å². The number of phenolic OH excluding ortho intramolecular Hbond substituents is 1. The molecule has 7 nitrogen and oxygen atoms in total. The number of fused-ring (bicyclic) bond motifs is 1. The minimum absolute atomic E-state index is 0. The number of alkyl carbamates (subject to hydrolysis) is 1. The Morgan fingerprint density at radius 2 is 2.09 bits per heavy atom. The van der Waals surface area contributed by atoms with Gasteiger partial charge in [0.05, 0.1) is 17.2 Å². The smallest absolute Gasteiger partial charge is 0.407 e. The Bertz CT molecular complexity index is 1130. The fraction of sp³-hybridized carbons (Fsp3) is 0.400. The quantitative estimate of drug-likeness (QED) is 0.572. The molecule has 1 saturated heterocycles. The number of aromatic hydroxyl groups is 1. The van der Waals surface area contributed by atoms with E-state index in [-0.39, 0.29) is 20.8 Å². The number of hydrogen-bond donors (Lipinski definition) is 2. The van der Waals surface area contributed by atoms with E-state index in [2.05, 4.69) is 28.4 Å². The van der Waals surface area contributed by atoms with Crippen LogP contribution in [-0.2, 0) is 4.74 Å². The van der Waals surface area contributed by atoms with Crippen molar-refractivity contribution in [3.8, 4) is 17.1 Å². The van der Waals surface area contributed by atoms with Gasteiger partial charge in [-0.1, -0.05) is 18.2 Å². The third-order valence-electron chi connectivity index (χ3n) is 5.67. The fourth-order valence-electron chi connectivity index (χ4n) is 4.15. The van der Waals surface area contributed by atoms with Gasteiger partial charge in [0.25, 0.3) is 0 Å². The van der Waals surface area contributed by atoms with Gasteiger partial charge < -0.3 is 20.1 Å². The van der Waals surface area contributed by atoms with E-state index >= 15 is 0 Å². The summed E-state index contributed by atoms with van der Waals surface area (Å²) in [5.74, 6) is 1.84. The van der Waals surface area contributed by atoms with E-state index in [9.17, 15) is 9.90 Å². The monoisotopic (exact) mass is 438 g/mol. The molecule has 2 N–H and O–H groups in total. The molecule has 0 unspecified atom stereocenters. The average molecular weight is 439 g/mol. The van der Waals surface area contributed by atoms with Crippen molar-refractivity contribution < 1.29 is 17.5 Å². The van der Waals surface area contributed by atoms with Crippen LogP contribution in [0.15, 0.2) is 42.5 Å². The number of hydrogen-bond acceptors (Lipinski definition) is 6. The fourth-order valence-corrected chi connectivity index (χ4v) is 4.15. The zero-order valence-corrected chi connectivity index (χ0v) is 18.8. The predicted molar refractivity (Wildman–Crippen MR) is 130 cm³/mol. The second kappa shape index (κ2) is 9.42. The van der Waals surface area contributed by atoms with Crippen molar-refractivity contribution in [1.29, 1.82) is 0 Å². The maximum Gasteiger partial charge on any atom is 0.407 e. The number of para-hydroxylation sites is 1. The molecule has 0 spiro atoms. The molecule has 172 valence electrons. The molecule has 1 amide bonds. The first kappa shape index (κ1) is 21.9. The minimum Gasteiger partial charge on any atom is -0.507 e. The lowest BCUT2D eigenvalue weighted by Crippen LogP contribution is -2.41. The highest BCUT2D eigenvalue weighted by Crippen LogP contribution is 2.33. The van der Waals surface area contributed by atoms with Crippen LogP contribution < -0.4 is 10.2 Å². The summed E-state index contributed by atoms with van der Waals surface area (Å²) >= 11 is 0. The Morgan fingerprint density at radius 1 is 1.28 bits per heavy atom. The van der Waals surface area contributed by atoms with Gasteiger partial charge in [-0.3, -0.25) is 0 Å². The maximum absolute atomic E-state index is 11.9. The van der Waals surface area contributed by atoms with Gasteiger partial charge in [0.1, 0.15) is 11.6 Å². The van der Waals surface area contributed by atoms with E-state index in [1.807, 2.05) is 32.9 Å². The topological polar surface area (TPSA) is 87.6 Å². The summed E-state index contributed by atoms with van der Waals surface area (Å²) in [6.07, 6.45) is 1.53. The highest BCUT2D eigenvalue weighted by atomic mass is 16.6. The zero-order chi connectivity index (χ0) is 22.7. The first-order valence-corrected chi connectivity index (χ1v) is 11.2. The minimum atomic E-state index is -0.373. The standard InChI is InChI=1S/C25H30N4O3.2H2/c1-16(2)32-25(31)26-14-18-7-6-12-29(15-18)24-19-11-10-17(3)13-21(19)27-23(28-24)20-8-4-5-9-22(20)30;;/h4-5,8-11,13,16,18,30H,6-7,12,14-15H2,1-3H3,(H,26,31);2*1H/t18-;;/m0../s1. The summed E-state index contributed by atoms with van der Waals surface area (Å²) in [6.45, 7) is 7.95. The average Bonchev–Trinajstić information content (AvgIpc) is 2.77. The molecule has 3 aromatic rings. The van der Waals surface area contributed by atoms with Gasteiger partial charge in [-0.25, -0.2) is 14.8 Å². The number of nitrogens with one attached hydrogen (secondary N) is 1. The number of piperidine rings is 1. The first-order valence-electron chi connectivity index (χ1n) is 11.2.